The van der Waals surface area contributed by atoms with Gasteiger partial charge in [-0.1, -0.05) is 20.8 Å². The molecule has 1 aliphatic carbocycles. The fourth-order valence-electron chi connectivity index (χ4n) is 1.53. The third-order valence-electron chi connectivity index (χ3n) is 2.71. The number of carboxylic acid groups (broad SMARTS) is 1. The second-order valence-electron chi connectivity index (χ2n) is 4.57. The molecule has 0 atom stereocenters. The minimum atomic E-state index is -0.620. The smallest absolute Gasteiger partial charge is 0.306 e. The Morgan fingerprint density at radius 2 is 1.82 bits per heavy atom. The van der Waals surface area contributed by atoms with Gasteiger partial charge in [0.2, 0.25) is 0 Å². The lowest BCUT2D eigenvalue weighted by Crippen LogP contribution is -2.37. The Bertz CT molecular complexity index is 161. The van der Waals surface area contributed by atoms with E-state index in [1.807, 2.05) is 0 Å². The van der Waals surface area contributed by atoms with Crippen LogP contribution in [0, 0.1) is 17.3 Å². The van der Waals surface area contributed by atoms with Crippen LogP contribution in [0.1, 0.15) is 33.6 Å². The van der Waals surface area contributed by atoms with Crippen molar-refractivity contribution < 1.29 is 9.90 Å². The summed E-state index contributed by atoms with van der Waals surface area (Å²) in [4.78, 5) is 10.5. The van der Waals surface area contributed by atoms with Crippen LogP contribution in [0.3, 0.4) is 0 Å². The van der Waals surface area contributed by atoms with Crippen LogP contribution >= 0.6 is 0 Å². The van der Waals surface area contributed by atoms with Crippen LogP contribution in [0.4, 0.5) is 0 Å². The summed E-state index contributed by atoms with van der Waals surface area (Å²) in [5.74, 6) is -0.0617. The fraction of sp³-hybridized carbons (Fsp3) is 0.889. The monoisotopic (exact) mass is 156 g/mol. The van der Waals surface area contributed by atoms with Gasteiger partial charge in [0.05, 0.1) is 5.92 Å². The Labute approximate surface area is 67.6 Å². The van der Waals surface area contributed by atoms with E-state index < -0.39 is 5.97 Å². The summed E-state index contributed by atoms with van der Waals surface area (Å²) in [6, 6.07) is 0. The molecule has 1 aliphatic rings. The molecule has 0 bridgehead atoms. The van der Waals surface area contributed by atoms with Gasteiger partial charge in [-0.25, -0.2) is 0 Å². The second-order valence-corrected chi connectivity index (χ2v) is 4.57. The van der Waals surface area contributed by atoms with E-state index in [-0.39, 0.29) is 5.92 Å². The van der Waals surface area contributed by atoms with Gasteiger partial charge in [-0.15, -0.1) is 0 Å². The first-order chi connectivity index (χ1) is 4.91. The molecule has 1 fully saturated rings. The number of carbonyl (C=O) groups is 1. The standard InChI is InChI=1S/C9H16O2/c1-9(2,3)7-4-6(5-7)8(10)11/h6-7H,4-5H2,1-3H3,(H,10,11)/t6-,7+. The largest absolute Gasteiger partial charge is 0.481 e. The van der Waals surface area contributed by atoms with Crippen molar-refractivity contribution in [3.05, 3.63) is 0 Å². The summed E-state index contributed by atoms with van der Waals surface area (Å²) in [5.41, 5.74) is 0.298. The maximum Gasteiger partial charge on any atom is 0.306 e. The minimum absolute atomic E-state index is 0.0563. The van der Waals surface area contributed by atoms with Gasteiger partial charge < -0.3 is 5.11 Å². The number of hydrogen-bond acceptors (Lipinski definition) is 1. The molecule has 0 amide bonds. The average Bonchev–Trinajstić information content (AvgIpc) is 1.51. The second kappa shape index (κ2) is 2.50. The van der Waals surface area contributed by atoms with Crippen LogP contribution in [-0.2, 0) is 4.79 Å². The van der Waals surface area contributed by atoms with E-state index in [0.29, 0.717) is 11.3 Å². The van der Waals surface area contributed by atoms with Gasteiger partial charge in [0.25, 0.3) is 0 Å². The zero-order valence-corrected chi connectivity index (χ0v) is 7.42. The highest BCUT2D eigenvalue weighted by atomic mass is 16.4. The van der Waals surface area contributed by atoms with E-state index in [1.54, 1.807) is 0 Å². The van der Waals surface area contributed by atoms with Crippen molar-refractivity contribution >= 4 is 5.97 Å². The van der Waals surface area contributed by atoms with Crippen molar-refractivity contribution in [1.82, 2.24) is 0 Å². The van der Waals surface area contributed by atoms with E-state index in [0.717, 1.165) is 12.8 Å². The lowest BCUT2D eigenvalue weighted by atomic mass is 9.63. The summed E-state index contributed by atoms with van der Waals surface area (Å²) < 4.78 is 0. The first-order valence-electron chi connectivity index (χ1n) is 4.14. The number of aliphatic carboxylic acids is 1. The summed E-state index contributed by atoms with van der Waals surface area (Å²) in [5, 5.41) is 8.62. The molecule has 2 nitrogen and oxygen atoms in total. The Kier molecular flexibility index (Phi) is 1.95. The van der Waals surface area contributed by atoms with E-state index in [9.17, 15) is 4.79 Å². The van der Waals surface area contributed by atoms with Gasteiger partial charge in [-0.2, -0.15) is 0 Å². The molecule has 0 aromatic rings. The predicted molar refractivity (Wildman–Crippen MR) is 43.3 cm³/mol. The normalized spacial score (nSPS) is 31.2. The van der Waals surface area contributed by atoms with Gasteiger partial charge in [-0.05, 0) is 24.2 Å². The van der Waals surface area contributed by atoms with Gasteiger partial charge >= 0.3 is 5.97 Å². The fourth-order valence-corrected chi connectivity index (χ4v) is 1.53. The highest BCUT2D eigenvalue weighted by Crippen LogP contribution is 2.45. The van der Waals surface area contributed by atoms with Gasteiger partial charge in [0.15, 0.2) is 0 Å². The summed E-state index contributed by atoms with van der Waals surface area (Å²) >= 11 is 0. The maximum absolute atomic E-state index is 10.5. The van der Waals surface area contributed by atoms with Crippen LogP contribution in [0.15, 0.2) is 0 Å². The van der Waals surface area contributed by atoms with Gasteiger partial charge in [0, 0.05) is 0 Å². The first kappa shape index (κ1) is 8.57. The molecule has 0 spiro atoms. The molecule has 0 saturated heterocycles. The Morgan fingerprint density at radius 3 is 2.09 bits per heavy atom. The molecule has 1 saturated carbocycles. The third-order valence-corrected chi connectivity index (χ3v) is 2.71. The van der Waals surface area contributed by atoms with Crippen molar-refractivity contribution in [3.8, 4) is 0 Å². The SMILES string of the molecule is CC(C)(C)[C@H]1C[C@@H](C(=O)O)C1. The summed E-state index contributed by atoms with van der Waals surface area (Å²) in [6.45, 7) is 6.53. The maximum atomic E-state index is 10.5. The predicted octanol–water partition coefficient (Wildman–Crippen LogP) is 2.14. The van der Waals surface area contributed by atoms with E-state index in [2.05, 4.69) is 20.8 Å². The average molecular weight is 156 g/mol. The van der Waals surface area contributed by atoms with E-state index in [1.165, 1.54) is 0 Å². The topological polar surface area (TPSA) is 37.3 Å². The Balaban J connectivity index is 2.35. The molecule has 0 aromatic carbocycles. The lowest BCUT2D eigenvalue weighted by Gasteiger charge is -2.41. The lowest BCUT2D eigenvalue weighted by molar-refractivity contribution is -0.148. The zero-order valence-electron chi connectivity index (χ0n) is 7.42. The van der Waals surface area contributed by atoms with Crippen molar-refractivity contribution in [2.24, 2.45) is 17.3 Å². The van der Waals surface area contributed by atoms with Crippen molar-refractivity contribution in [3.63, 3.8) is 0 Å². The zero-order chi connectivity index (χ0) is 8.65. The van der Waals surface area contributed by atoms with Crippen molar-refractivity contribution in [2.75, 3.05) is 0 Å². The van der Waals surface area contributed by atoms with Gasteiger partial charge in [-0.3, -0.25) is 4.79 Å². The van der Waals surface area contributed by atoms with Crippen LogP contribution < -0.4 is 0 Å². The molecule has 0 unspecified atom stereocenters. The van der Waals surface area contributed by atoms with Crippen LogP contribution in [0.5, 0.6) is 0 Å². The molecule has 1 N–H and O–H groups in total. The summed E-state index contributed by atoms with van der Waals surface area (Å²) in [6.07, 6.45) is 1.75. The van der Waals surface area contributed by atoms with Crippen molar-refractivity contribution in [2.45, 2.75) is 33.6 Å². The van der Waals surface area contributed by atoms with Crippen LogP contribution in [0.2, 0.25) is 0 Å². The molecule has 0 radical (unpaired) electrons. The Hall–Kier alpha value is -0.530. The molecule has 64 valence electrons. The molecule has 2 heteroatoms. The number of hydrogen-bond donors (Lipinski definition) is 1. The van der Waals surface area contributed by atoms with Crippen molar-refractivity contribution in [1.29, 1.82) is 0 Å². The number of rotatable bonds is 1. The molecule has 11 heavy (non-hydrogen) atoms. The Morgan fingerprint density at radius 1 is 1.36 bits per heavy atom. The number of carboxylic acids is 1. The highest BCUT2D eigenvalue weighted by Gasteiger charge is 2.40. The molecule has 1 rings (SSSR count). The highest BCUT2D eigenvalue weighted by molar-refractivity contribution is 5.71. The van der Waals surface area contributed by atoms with E-state index >= 15 is 0 Å². The first-order valence-corrected chi connectivity index (χ1v) is 4.14. The third kappa shape index (κ3) is 1.73. The minimum Gasteiger partial charge on any atom is -0.481 e. The van der Waals surface area contributed by atoms with Gasteiger partial charge in [0.1, 0.15) is 0 Å². The molecular formula is C9H16O2. The molecule has 0 aliphatic heterocycles. The molecule has 0 heterocycles. The molecule has 0 aromatic heterocycles. The van der Waals surface area contributed by atoms with E-state index in [4.69, 9.17) is 5.11 Å². The summed E-state index contributed by atoms with van der Waals surface area (Å²) in [7, 11) is 0. The van der Waals surface area contributed by atoms with Crippen LogP contribution in [-0.4, -0.2) is 11.1 Å². The van der Waals surface area contributed by atoms with Crippen LogP contribution in [0.25, 0.3) is 0 Å². The molecular weight excluding hydrogens is 140 g/mol. The quantitative estimate of drug-likeness (QED) is 0.631.